The van der Waals surface area contributed by atoms with E-state index >= 15 is 0 Å². The molecule has 9 heteroatoms. The monoisotopic (exact) mass is 448 g/mol. The molecule has 1 aliphatic heterocycles. The third-order valence-corrected chi connectivity index (χ3v) is 7.60. The second kappa shape index (κ2) is 10.7. The first-order valence-corrected chi connectivity index (χ1v) is 12.1. The molecule has 2 rings (SSSR count). The van der Waals surface area contributed by atoms with Crippen molar-refractivity contribution in [3.63, 3.8) is 0 Å². The standard InChI is InChI=1S/C22H32N4O4S/c1-5-24(16-18(3)15-23)21(27)8-9-22(28)25-10-12-26(13-11-25)31(29,30)20-14-17(2)6-7-19(20)4/h6-7,14,18H,5,8-13,16H2,1-4H3. The summed E-state index contributed by atoms with van der Waals surface area (Å²) in [7, 11) is -3.61. The lowest BCUT2D eigenvalue weighted by Gasteiger charge is -2.34. The van der Waals surface area contributed by atoms with Gasteiger partial charge in [0.25, 0.3) is 0 Å². The molecule has 1 fully saturated rings. The van der Waals surface area contributed by atoms with Crippen LogP contribution >= 0.6 is 0 Å². The highest BCUT2D eigenvalue weighted by atomic mass is 32.2. The molecule has 1 heterocycles. The van der Waals surface area contributed by atoms with Crippen molar-refractivity contribution in [2.45, 2.75) is 45.4 Å². The second-order valence-electron chi connectivity index (χ2n) is 8.02. The molecule has 0 spiro atoms. The van der Waals surface area contributed by atoms with Gasteiger partial charge in [0.1, 0.15) is 0 Å². The highest BCUT2D eigenvalue weighted by Gasteiger charge is 2.31. The minimum Gasteiger partial charge on any atom is -0.342 e. The van der Waals surface area contributed by atoms with E-state index in [1.165, 1.54) is 4.31 Å². The Balaban J connectivity index is 1.91. The van der Waals surface area contributed by atoms with Crippen LogP contribution in [0.2, 0.25) is 0 Å². The van der Waals surface area contributed by atoms with Crippen molar-refractivity contribution in [2.75, 3.05) is 39.3 Å². The van der Waals surface area contributed by atoms with Gasteiger partial charge in [-0.2, -0.15) is 9.57 Å². The van der Waals surface area contributed by atoms with Crippen LogP contribution in [-0.4, -0.2) is 73.6 Å². The summed E-state index contributed by atoms with van der Waals surface area (Å²) >= 11 is 0. The molecule has 1 aliphatic rings. The SMILES string of the molecule is CCN(CC(C)C#N)C(=O)CCC(=O)N1CCN(S(=O)(=O)c2cc(C)ccc2C)CC1. The normalized spacial score (nSPS) is 15.9. The molecule has 0 N–H and O–H groups in total. The van der Waals surface area contributed by atoms with E-state index in [1.807, 2.05) is 19.9 Å². The van der Waals surface area contributed by atoms with Gasteiger partial charge in [0.15, 0.2) is 0 Å². The molecule has 1 aromatic carbocycles. The van der Waals surface area contributed by atoms with Gasteiger partial charge in [-0.05, 0) is 44.9 Å². The van der Waals surface area contributed by atoms with Crippen molar-refractivity contribution in [3.8, 4) is 6.07 Å². The molecule has 0 aliphatic carbocycles. The zero-order valence-corrected chi connectivity index (χ0v) is 19.6. The highest BCUT2D eigenvalue weighted by molar-refractivity contribution is 7.89. The maximum absolute atomic E-state index is 13.0. The van der Waals surface area contributed by atoms with E-state index in [4.69, 9.17) is 5.26 Å². The molecular formula is C22H32N4O4S. The van der Waals surface area contributed by atoms with Gasteiger partial charge in [-0.1, -0.05) is 12.1 Å². The molecular weight excluding hydrogens is 416 g/mol. The number of carbonyl (C=O) groups is 2. The van der Waals surface area contributed by atoms with Crippen LogP contribution < -0.4 is 0 Å². The molecule has 8 nitrogen and oxygen atoms in total. The largest absolute Gasteiger partial charge is 0.342 e. The van der Waals surface area contributed by atoms with Crippen molar-refractivity contribution in [3.05, 3.63) is 29.3 Å². The molecule has 2 amide bonds. The first kappa shape index (κ1) is 24.8. The van der Waals surface area contributed by atoms with Gasteiger partial charge in [0.05, 0.1) is 16.9 Å². The summed E-state index contributed by atoms with van der Waals surface area (Å²) in [5, 5.41) is 8.93. The van der Waals surface area contributed by atoms with Gasteiger partial charge in [-0.3, -0.25) is 9.59 Å². The van der Waals surface area contributed by atoms with Crippen LogP contribution in [0.1, 0.15) is 37.8 Å². The van der Waals surface area contributed by atoms with Crippen molar-refractivity contribution >= 4 is 21.8 Å². The average molecular weight is 449 g/mol. The van der Waals surface area contributed by atoms with Gasteiger partial charge in [-0.15, -0.1) is 0 Å². The number of sulfonamides is 1. The molecule has 0 saturated carbocycles. The Morgan fingerprint density at radius 2 is 1.81 bits per heavy atom. The molecule has 1 unspecified atom stereocenters. The number of rotatable bonds is 8. The summed E-state index contributed by atoms with van der Waals surface area (Å²) in [5.41, 5.74) is 1.58. The van der Waals surface area contributed by atoms with Crippen LogP contribution in [-0.2, 0) is 19.6 Å². The summed E-state index contributed by atoms with van der Waals surface area (Å²) in [6.45, 7) is 9.17. The van der Waals surface area contributed by atoms with E-state index in [0.29, 0.717) is 36.6 Å². The summed E-state index contributed by atoms with van der Waals surface area (Å²) < 4.78 is 27.5. The van der Waals surface area contributed by atoms with E-state index in [1.54, 1.807) is 35.8 Å². The van der Waals surface area contributed by atoms with Gasteiger partial charge < -0.3 is 9.80 Å². The molecule has 1 atom stereocenters. The van der Waals surface area contributed by atoms with E-state index in [-0.39, 0.29) is 43.7 Å². The van der Waals surface area contributed by atoms with Crippen LogP contribution in [0.4, 0.5) is 0 Å². The fourth-order valence-corrected chi connectivity index (χ4v) is 5.34. The molecule has 0 aromatic heterocycles. The Kier molecular flexibility index (Phi) is 8.60. The predicted octanol–water partition coefficient (Wildman–Crippen LogP) is 1.92. The molecule has 0 radical (unpaired) electrons. The number of nitrogens with zero attached hydrogens (tertiary/aromatic N) is 4. The molecule has 1 saturated heterocycles. The van der Waals surface area contributed by atoms with E-state index < -0.39 is 10.0 Å². The Hall–Kier alpha value is -2.44. The average Bonchev–Trinajstić information content (AvgIpc) is 2.76. The van der Waals surface area contributed by atoms with Gasteiger partial charge in [-0.25, -0.2) is 8.42 Å². The lowest BCUT2D eigenvalue weighted by molar-refractivity contribution is -0.137. The molecule has 170 valence electrons. The molecule has 0 bridgehead atoms. The topological polar surface area (TPSA) is 102 Å². The fraction of sp³-hybridized carbons (Fsp3) is 0.591. The quantitative estimate of drug-likeness (QED) is 0.605. The van der Waals surface area contributed by atoms with Gasteiger partial charge in [0, 0.05) is 52.1 Å². The Morgan fingerprint density at radius 3 is 2.39 bits per heavy atom. The van der Waals surface area contributed by atoms with Crippen LogP contribution in [0.5, 0.6) is 0 Å². The molecule has 31 heavy (non-hydrogen) atoms. The van der Waals surface area contributed by atoms with Crippen molar-refractivity contribution < 1.29 is 18.0 Å². The summed E-state index contributed by atoms with van der Waals surface area (Å²) in [6, 6.07) is 7.48. The highest BCUT2D eigenvalue weighted by Crippen LogP contribution is 2.22. The second-order valence-corrected chi connectivity index (χ2v) is 9.92. The lowest BCUT2D eigenvalue weighted by Crippen LogP contribution is -2.50. The van der Waals surface area contributed by atoms with Crippen LogP contribution in [0.25, 0.3) is 0 Å². The first-order valence-electron chi connectivity index (χ1n) is 10.6. The van der Waals surface area contributed by atoms with Crippen LogP contribution in [0, 0.1) is 31.1 Å². The minimum atomic E-state index is -3.61. The number of piperazine rings is 1. The first-order chi connectivity index (χ1) is 14.6. The number of amides is 2. The van der Waals surface area contributed by atoms with E-state index in [2.05, 4.69) is 6.07 Å². The van der Waals surface area contributed by atoms with E-state index in [9.17, 15) is 18.0 Å². The maximum Gasteiger partial charge on any atom is 0.243 e. The number of benzene rings is 1. The number of hydrogen-bond acceptors (Lipinski definition) is 5. The third kappa shape index (κ3) is 6.28. The van der Waals surface area contributed by atoms with Crippen molar-refractivity contribution in [1.82, 2.24) is 14.1 Å². The van der Waals surface area contributed by atoms with Gasteiger partial charge in [0.2, 0.25) is 21.8 Å². The van der Waals surface area contributed by atoms with E-state index in [0.717, 1.165) is 5.56 Å². The maximum atomic E-state index is 13.0. The number of carbonyl (C=O) groups excluding carboxylic acids is 2. The predicted molar refractivity (Wildman–Crippen MR) is 118 cm³/mol. The third-order valence-electron chi connectivity index (χ3n) is 5.55. The lowest BCUT2D eigenvalue weighted by atomic mass is 10.1. The van der Waals surface area contributed by atoms with Crippen molar-refractivity contribution in [2.24, 2.45) is 5.92 Å². The van der Waals surface area contributed by atoms with Crippen LogP contribution in [0.15, 0.2) is 23.1 Å². The Bertz CT molecular complexity index is 947. The Morgan fingerprint density at radius 1 is 1.16 bits per heavy atom. The zero-order valence-electron chi connectivity index (χ0n) is 18.8. The summed E-state index contributed by atoms with van der Waals surface area (Å²) in [6.07, 6.45) is 0.172. The Labute approximate surface area is 185 Å². The summed E-state index contributed by atoms with van der Waals surface area (Å²) in [4.78, 5) is 28.4. The fourth-order valence-electron chi connectivity index (χ4n) is 3.61. The number of aryl methyl sites for hydroxylation is 2. The zero-order chi connectivity index (χ0) is 23.2. The van der Waals surface area contributed by atoms with Gasteiger partial charge >= 0.3 is 0 Å². The van der Waals surface area contributed by atoms with Crippen molar-refractivity contribution in [1.29, 1.82) is 5.26 Å². The van der Waals surface area contributed by atoms with Crippen LogP contribution in [0.3, 0.4) is 0 Å². The number of hydrogen-bond donors (Lipinski definition) is 0. The minimum absolute atomic E-state index is 0.0833. The summed E-state index contributed by atoms with van der Waals surface area (Å²) in [5.74, 6) is -0.553. The smallest absolute Gasteiger partial charge is 0.243 e. The molecule has 1 aromatic rings. The number of nitriles is 1.